The number of nitrogens with one attached hydrogen (secondary N) is 1. The maximum Gasteiger partial charge on any atom is 0.246 e. The van der Waals surface area contributed by atoms with Crippen LogP contribution in [0.5, 0.6) is 0 Å². The topological polar surface area (TPSA) is 45.5 Å². The molecule has 21 heavy (non-hydrogen) atoms. The highest BCUT2D eigenvalue weighted by atomic mass is 16.3. The first-order chi connectivity index (χ1) is 10.3. The molecule has 4 nitrogen and oxygen atoms in total. The van der Waals surface area contributed by atoms with E-state index in [2.05, 4.69) is 17.1 Å². The van der Waals surface area contributed by atoms with E-state index in [9.17, 15) is 4.79 Å². The molecule has 2 aliphatic rings. The summed E-state index contributed by atoms with van der Waals surface area (Å²) in [4.78, 5) is 14.6. The van der Waals surface area contributed by atoms with Gasteiger partial charge >= 0.3 is 0 Å². The van der Waals surface area contributed by atoms with Gasteiger partial charge in [-0.25, -0.2) is 0 Å². The lowest BCUT2D eigenvalue weighted by molar-refractivity contribution is -0.129. The lowest BCUT2D eigenvalue weighted by Gasteiger charge is -2.37. The van der Waals surface area contributed by atoms with Crippen LogP contribution in [0, 0.1) is 0 Å². The summed E-state index contributed by atoms with van der Waals surface area (Å²) in [6.45, 7) is 2.97. The molecule has 3 rings (SSSR count). The number of amides is 1. The van der Waals surface area contributed by atoms with Crippen molar-refractivity contribution in [2.75, 3.05) is 6.54 Å². The molecule has 2 saturated heterocycles. The molecule has 4 heteroatoms. The minimum absolute atomic E-state index is 0.111. The lowest BCUT2D eigenvalue weighted by Crippen LogP contribution is -2.50. The number of nitrogens with zero attached hydrogens (tertiary/aromatic N) is 1. The minimum Gasteiger partial charge on any atom is -0.465 e. The number of furan rings is 1. The molecular weight excluding hydrogens is 264 g/mol. The predicted molar refractivity (Wildman–Crippen MR) is 82.7 cm³/mol. The molecule has 114 valence electrons. The van der Waals surface area contributed by atoms with Crippen molar-refractivity contribution in [3.8, 4) is 0 Å². The van der Waals surface area contributed by atoms with Crippen molar-refractivity contribution < 1.29 is 9.21 Å². The third kappa shape index (κ3) is 3.38. The van der Waals surface area contributed by atoms with E-state index < -0.39 is 0 Å². The Kier molecular flexibility index (Phi) is 4.44. The summed E-state index contributed by atoms with van der Waals surface area (Å²) in [5, 5.41) is 3.64. The van der Waals surface area contributed by atoms with Gasteiger partial charge in [-0.15, -0.1) is 0 Å². The van der Waals surface area contributed by atoms with Gasteiger partial charge in [0.05, 0.1) is 6.26 Å². The Bertz CT molecular complexity index is 483. The largest absolute Gasteiger partial charge is 0.465 e. The number of hydrogen-bond acceptors (Lipinski definition) is 3. The molecular formula is C17H24N2O2. The highest BCUT2D eigenvalue weighted by molar-refractivity contribution is 5.91. The predicted octanol–water partition coefficient (Wildman–Crippen LogP) is 2.81. The summed E-state index contributed by atoms with van der Waals surface area (Å²) in [6, 6.07) is 5.29. The van der Waals surface area contributed by atoms with Crippen LogP contribution in [-0.2, 0) is 4.79 Å². The Labute approximate surface area is 126 Å². The Hall–Kier alpha value is -1.55. The molecule has 0 aromatic carbocycles. The first kappa shape index (κ1) is 14.4. The summed E-state index contributed by atoms with van der Waals surface area (Å²) in [5.41, 5.74) is 0. The van der Waals surface area contributed by atoms with Gasteiger partial charge in [-0.3, -0.25) is 4.79 Å². The Morgan fingerprint density at radius 3 is 2.81 bits per heavy atom. The van der Waals surface area contributed by atoms with Crippen molar-refractivity contribution in [2.24, 2.45) is 0 Å². The van der Waals surface area contributed by atoms with Crippen LogP contribution in [0.3, 0.4) is 0 Å². The standard InChI is InChI=1S/C17H24N2O2/c1-2-9-19(15-11-13-5-6-14(12-15)18-13)17(20)8-7-16-4-3-10-21-16/h3-4,7-8,10,13-15,18H,2,5-6,9,11-12H2,1H3. The van der Waals surface area contributed by atoms with Crippen LogP contribution in [0.15, 0.2) is 28.9 Å². The number of carbonyl (C=O) groups excluding carboxylic acids is 1. The fourth-order valence-electron chi connectivity index (χ4n) is 3.63. The smallest absolute Gasteiger partial charge is 0.246 e. The van der Waals surface area contributed by atoms with Crippen molar-refractivity contribution in [1.82, 2.24) is 10.2 Å². The summed E-state index contributed by atoms with van der Waals surface area (Å²) in [5.74, 6) is 0.838. The molecule has 0 spiro atoms. The van der Waals surface area contributed by atoms with Crippen molar-refractivity contribution in [3.63, 3.8) is 0 Å². The first-order valence-electron chi connectivity index (χ1n) is 8.04. The molecule has 0 radical (unpaired) electrons. The van der Waals surface area contributed by atoms with Crippen molar-refractivity contribution in [3.05, 3.63) is 30.2 Å². The SMILES string of the molecule is CCCN(C(=O)C=Cc1ccco1)C1CC2CCC(C1)N2. The lowest BCUT2D eigenvalue weighted by atomic mass is 9.97. The van der Waals surface area contributed by atoms with Gasteiger partial charge in [-0.05, 0) is 50.3 Å². The van der Waals surface area contributed by atoms with E-state index in [1.165, 1.54) is 12.8 Å². The minimum atomic E-state index is 0.111. The van der Waals surface area contributed by atoms with Crippen LogP contribution < -0.4 is 5.32 Å². The zero-order valence-corrected chi connectivity index (χ0v) is 12.6. The van der Waals surface area contributed by atoms with E-state index in [0.29, 0.717) is 18.1 Å². The van der Waals surface area contributed by atoms with E-state index in [-0.39, 0.29) is 5.91 Å². The molecule has 1 N–H and O–H groups in total. The zero-order chi connectivity index (χ0) is 14.7. The monoisotopic (exact) mass is 288 g/mol. The van der Waals surface area contributed by atoms with Gasteiger partial charge in [-0.1, -0.05) is 6.92 Å². The van der Waals surface area contributed by atoms with E-state index >= 15 is 0 Å². The second kappa shape index (κ2) is 6.48. The third-order valence-electron chi connectivity index (χ3n) is 4.57. The van der Waals surface area contributed by atoms with E-state index in [1.807, 2.05) is 12.1 Å². The number of fused-ring (bicyclic) bond motifs is 2. The van der Waals surface area contributed by atoms with Gasteiger partial charge in [0.2, 0.25) is 5.91 Å². The molecule has 1 aromatic rings. The van der Waals surface area contributed by atoms with Crippen LogP contribution in [0.2, 0.25) is 0 Å². The highest BCUT2D eigenvalue weighted by Gasteiger charge is 2.36. The van der Waals surface area contributed by atoms with Gasteiger partial charge in [0.15, 0.2) is 0 Å². The number of piperidine rings is 1. The molecule has 1 aromatic heterocycles. The van der Waals surface area contributed by atoms with E-state index in [4.69, 9.17) is 4.42 Å². The number of rotatable bonds is 5. The van der Waals surface area contributed by atoms with E-state index in [1.54, 1.807) is 18.4 Å². The molecule has 2 aliphatic heterocycles. The van der Waals surface area contributed by atoms with Gasteiger partial charge in [0.25, 0.3) is 0 Å². The maximum absolute atomic E-state index is 12.5. The molecule has 2 atom stereocenters. The van der Waals surface area contributed by atoms with Crippen LogP contribution in [0.25, 0.3) is 6.08 Å². The highest BCUT2D eigenvalue weighted by Crippen LogP contribution is 2.30. The number of carbonyl (C=O) groups is 1. The van der Waals surface area contributed by atoms with Gasteiger partial charge in [0.1, 0.15) is 5.76 Å². The van der Waals surface area contributed by atoms with Gasteiger partial charge in [-0.2, -0.15) is 0 Å². The Morgan fingerprint density at radius 1 is 1.43 bits per heavy atom. The molecule has 2 bridgehead atoms. The first-order valence-corrected chi connectivity index (χ1v) is 8.04. The molecule has 2 unspecified atom stereocenters. The summed E-state index contributed by atoms with van der Waals surface area (Å²) < 4.78 is 5.25. The summed E-state index contributed by atoms with van der Waals surface area (Å²) in [6.07, 6.45) is 10.7. The quantitative estimate of drug-likeness (QED) is 0.847. The Morgan fingerprint density at radius 2 is 2.19 bits per heavy atom. The molecule has 2 fully saturated rings. The molecule has 0 aliphatic carbocycles. The van der Waals surface area contributed by atoms with Crippen molar-refractivity contribution in [1.29, 1.82) is 0 Å². The average Bonchev–Trinajstić information content (AvgIpc) is 3.12. The van der Waals surface area contributed by atoms with Gasteiger partial charge in [0, 0.05) is 30.7 Å². The van der Waals surface area contributed by atoms with Gasteiger partial charge < -0.3 is 14.6 Å². The van der Waals surface area contributed by atoms with Crippen LogP contribution in [-0.4, -0.2) is 35.5 Å². The molecule has 3 heterocycles. The van der Waals surface area contributed by atoms with Crippen LogP contribution in [0.1, 0.15) is 44.8 Å². The van der Waals surface area contributed by atoms with Crippen LogP contribution >= 0.6 is 0 Å². The Balaban J connectivity index is 1.67. The summed E-state index contributed by atoms with van der Waals surface area (Å²) >= 11 is 0. The van der Waals surface area contributed by atoms with E-state index in [0.717, 1.165) is 31.6 Å². The second-order valence-electron chi connectivity index (χ2n) is 6.14. The molecule has 0 saturated carbocycles. The van der Waals surface area contributed by atoms with Crippen molar-refractivity contribution >= 4 is 12.0 Å². The van der Waals surface area contributed by atoms with Crippen molar-refractivity contribution in [2.45, 2.75) is 57.2 Å². The van der Waals surface area contributed by atoms with Crippen LogP contribution in [0.4, 0.5) is 0 Å². The normalized spacial score (nSPS) is 28.1. The third-order valence-corrected chi connectivity index (χ3v) is 4.57. The number of hydrogen-bond donors (Lipinski definition) is 1. The zero-order valence-electron chi connectivity index (χ0n) is 12.6. The fourth-order valence-corrected chi connectivity index (χ4v) is 3.63. The molecule has 1 amide bonds. The maximum atomic E-state index is 12.5. The summed E-state index contributed by atoms with van der Waals surface area (Å²) in [7, 11) is 0. The average molecular weight is 288 g/mol. The second-order valence-corrected chi connectivity index (χ2v) is 6.14. The fraction of sp³-hybridized carbons (Fsp3) is 0.588.